The first-order chi connectivity index (χ1) is 17.2. The highest BCUT2D eigenvalue weighted by Gasteiger charge is 2.35. The Labute approximate surface area is 212 Å². The number of likely N-dealkylation sites (tertiary alicyclic amines) is 2. The van der Waals surface area contributed by atoms with Gasteiger partial charge in [0.2, 0.25) is 5.91 Å². The van der Waals surface area contributed by atoms with Gasteiger partial charge in [0.1, 0.15) is 6.04 Å². The molecule has 8 heteroatoms. The van der Waals surface area contributed by atoms with Crippen LogP contribution in [-0.2, 0) is 17.9 Å². The summed E-state index contributed by atoms with van der Waals surface area (Å²) in [7, 11) is 0. The quantitative estimate of drug-likeness (QED) is 0.459. The smallest absolute Gasteiger partial charge is 0.272 e. The van der Waals surface area contributed by atoms with E-state index in [1.54, 1.807) is 11.8 Å². The lowest BCUT2D eigenvalue weighted by Crippen LogP contribution is -2.45. The van der Waals surface area contributed by atoms with E-state index in [4.69, 9.17) is 0 Å². The monoisotopic (exact) mass is 492 g/mol. The number of hydrogen-bond acceptors (Lipinski definition) is 5. The Morgan fingerprint density at radius 2 is 1.78 bits per heavy atom. The second-order valence-corrected chi connectivity index (χ2v) is 10.5. The van der Waals surface area contributed by atoms with Gasteiger partial charge in [-0.15, -0.1) is 0 Å². The van der Waals surface area contributed by atoms with Crippen molar-refractivity contribution in [1.82, 2.24) is 15.1 Å². The van der Waals surface area contributed by atoms with Crippen LogP contribution in [-0.4, -0.2) is 52.2 Å². The lowest BCUT2D eigenvalue weighted by molar-refractivity contribution is -0.385. The van der Waals surface area contributed by atoms with Crippen molar-refractivity contribution in [2.45, 2.75) is 59.2 Å². The number of amides is 2. The number of nitrogens with one attached hydrogen (secondary N) is 1. The first-order valence-corrected chi connectivity index (χ1v) is 12.9. The fourth-order valence-electron chi connectivity index (χ4n) is 5.79. The number of nitrogens with zero attached hydrogens (tertiary/aromatic N) is 3. The zero-order chi connectivity index (χ0) is 25.8. The number of carbonyl (C=O) groups excluding carboxylic acids is 2. The number of nitro groups is 1. The van der Waals surface area contributed by atoms with Gasteiger partial charge < -0.3 is 10.2 Å². The van der Waals surface area contributed by atoms with Crippen molar-refractivity contribution in [1.29, 1.82) is 0 Å². The largest absolute Gasteiger partial charge is 0.350 e. The van der Waals surface area contributed by atoms with E-state index in [-0.39, 0.29) is 17.5 Å². The summed E-state index contributed by atoms with van der Waals surface area (Å²) in [5, 5.41) is 14.2. The van der Waals surface area contributed by atoms with Gasteiger partial charge in [-0.1, -0.05) is 38.1 Å². The first-order valence-electron chi connectivity index (χ1n) is 12.9. The molecular formula is C28H36N4O4. The molecule has 2 aliphatic rings. The second kappa shape index (κ2) is 11.2. The highest BCUT2D eigenvalue weighted by atomic mass is 16.6. The van der Waals surface area contributed by atoms with Crippen molar-refractivity contribution in [2.24, 2.45) is 11.8 Å². The van der Waals surface area contributed by atoms with Gasteiger partial charge in [0.05, 0.1) is 4.92 Å². The Kier molecular flexibility index (Phi) is 8.04. The van der Waals surface area contributed by atoms with Crippen molar-refractivity contribution in [3.05, 3.63) is 74.8 Å². The maximum Gasteiger partial charge on any atom is 0.272 e. The van der Waals surface area contributed by atoms with Crippen LogP contribution in [0.3, 0.4) is 0 Å². The minimum atomic E-state index is -0.538. The third kappa shape index (κ3) is 5.93. The van der Waals surface area contributed by atoms with Crippen LogP contribution in [0.4, 0.5) is 5.69 Å². The van der Waals surface area contributed by atoms with E-state index in [9.17, 15) is 19.7 Å². The molecule has 0 aromatic heterocycles. The molecule has 2 aromatic carbocycles. The molecule has 1 N–H and O–H groups in total. The van der Waals surface area contributed by atoms with E-state index >= 15 is 0 Å². The van der Waals surface area contributed by atoms with Crippen LogP contribution in [0.2, 0.25) is 0 Å². The van der Waals surface area contributed by atoms with Crippen LogP contribution >= 0.6 is 0 Å². The molecule has 0 saturated carbocycles. The van der Waals surface area contributed by atoms with Crippen LogP contribution in [0.15, 0.2) is 42.5 Å². The Morgan fingerprint density at radius 3 is 2.44 bits per heavy atom. The lowest BCUT2D eigenvalue weighted by atomic mass is 9.91. The summed E-state index contributed by atoms with van der Waals surface area (Å²) in [6.07, 6.45) is 2.62. The number of hydrogen-bond donors (Lipinski definition) is 1. The molecule has 3 unspecified atom stereocenters. The van der Waals surface area contributed by atoms with E-state index in [0.29, 0.717) is 42.5 Å². The number of aryl methyl sites for hydroxylation is 1. The molecule has 2 heterocycles. The molecular weight excluding hydrogens is 456 g/mol. The van der Waals surface area contributed by atoms with Crippen molar-refractivity contribution in [2.75, 3.05) is 19.6 Å². The van der Waals surface area contributed by atoms with Gasteiger partial charge in [-0.2, -0.15) is 0 Å². The molecule has 0 aliphatic carbocycles. The molecule has 4 rings (SSSR count). The molecule has 0 spiro atoms. The fourth-order valence-corrected chi connectivity index (χ4v) is 5.79. The minimum Gasteiger partial charge on any atom is -0.350 e. The number of rotatable bonds is 7. The first kappa shape index (κ1) is 25.8. The third-order valence-corrected chi connectivity index (χ3v) is 7.37. The summed E-state index contributed by atoms with van der Waals surface area (Å²) >= 11 is 0. The summed E-state index contributed by atoms with van der Waals surface area (Å²) in [6, 6.07) is 12.1. The molecule has 2 fully saturated rings. The number of benzene rings is 2. The average molecular weight is 493 g/mol. The summed E-state index contributed by atoms with van der Waals surface area (Å²) in [4.78, 5) is 41.1. The van der Waals surface area contributed by atoms with Crippen molar-refractivity contribution in [3.8, 4) is 0 Å². The molecule has 2 saturated heterocycles. The maximum absolute atomic E-state index is 13.2. The molecule has 2 aromatic rings. The third-order valence-electron chi connectivity index (χ3n) is 7.37. The predicted molar refractivity (Wildman–Crippen MR) is 138 cm³/mol. The van der Waals surface area contributed by atoms with Gasteiger partial charge in [-0.3, -0.25) is 24.6 Å². The van der Waals surface area contributed by atoms with E-state index in [2.05, 4.69) is 36.2 Å². The lowest BCUT2D eigenvalue weighted by Gasteiger charge is -2.35. The van der Waals surface area contributed by atoms with Crippen molar-refractivity contribution < 1.29 is 14.5 Å². The standard InChI is InChI=1S/C28H36N4O4/c1-19-13-20(2)17-30(16-19)18-24-8-5-4-7-23(24)15-29-27(33)26-9-6-12-31(26)28(34)22-10-11-25(32(35)36)21(3)14-22/h4-5,7-8,10-11,14,19-20,26H,6,9,12-13,15-18H2,1-3H3,(H,29,33). The average Bonchev–Trinajstić information content (AvgIpc) is 3.32. The summed E-state index contributed by atoms with van der Waals surface area (Å²) in [5.41, 5.74) is 3.10. The van der Waals surface area contributed by atoms with Crippen LogP contribution in [0.5, 0.6) is 0 Å². The van der Waals surface area contributed by atoms with Crippen LogP contribution in [0, 0.1) is 28.9 Å². The molecule has 36 heavy (non-hydrogen) atoms. The molecule has 0 radical (unpaired) electrons. The minimum absolute atomic E-state index is 0.0191. The highest BCUT2D eigenvalue weighted by Crippen LogP contribution is 2.25. The van der Waals surface area contributed by atoms with Crippen molar-refractivity contribution in [3.63, 3.8) is 0 Å². The number of piperidine rings is 1. The van der Waals surface area contributed by atoms with Gasteiger partial charge in [-0.25, -0.2) is 0 Å². The zero-order valence-electron chi connectivity index (χ0n) is 21.4. The molecule has 0 bridgehead atoms. The van der Waals surface area contributed by atoms with E-state index in [1.807, 2.05) is 12.1 Å². The molecule has 192 valence electrons. The fraction of sp³-hybridized carbons (Fsp3) is 0.500. The van der Waals surface area contributed by atoms with Gasteiger partial charge in [0.25, 0.3) is 11.6 Å². The van der Waals surface area contributed by atoms with Crippen molar-refractivity contribution >= 4 is 17.5 Å². The Hall–Kier alpha value is -3.26. The van der Waals surface area contributed by atoms with Gasteiger partial charge in [0, 0.05) is 49.9 Å². The zero-order valence-corrected chi connectivity index (χ0v) is 21.4. The van der Waals surface area contributed by atoms with E-state index in [1.165, 1.54) is 30.2 Å². The van der Waals surface area contributed by atoms with E-state index in [0.717, 1.165) is 31.6 Å². The Morgan fingerprint density at radius 1 is 1.08 bits per heavy atom. The Balaban J connectivity index is 1.40. The van der Waals surface area contributed by atoms with Crippen LogP contribution in [0.25, 0.3) is 0 Å². The summed E-state index contributed by atoms with van der Waals surface area (Å²) in [5.74, 6) is 0.950. The van der Waals surface area contributed by atoms with Gasteiger partial charge >= 0.3 is 0 Å². The summed E-state index contributed by atoms with van der Waals surface area (Å²) < 4.78 is 0. The SMILES string of the molecule is Cc1cc(C(=O)N2CCCC2C(=O)NCc2ccccc2CN2CC(C)CC(C)C2)ccc1[N+](=O)[O-]. The van der Waals surface area contributed by atoms with Crippen LogP contribution < -0.4 is 5.32 Å². The summed E-state index contributed by atoms with van der Waals surface area (Å²) in [6.45, 7) is 10.2. The maximum atomic E-state index is 13.2. The molecule has 3 atom stereocenters. The molecule has 2 aliphatic heterocycles. The second-order valence-electron chi connectivity index (χ2n) is 10.5. The number of carbonyl (C=O) groups is 2. The van der Waals surface area contributed by atoms with Crippen LogP contribution in [0.1, 0.15) is 60.2 Å². The topological polar surface area (TPSA) is 95.8 Å². The highest BCUT2D eigenvalue weighted by molar-refractivity contribution is 5.98. The number of nitro benzene ring substituents is 1. The normalized spacial score (nSPS) is 22.4. The molecule has 2 amide bonds. The predicted octanol–water partition coefficient (Wildman–Crippen LogP) is 4.30. The van der Waals surface area contributed by atoms with Gasteiger partial charge in [-0.05, 0) is 61.3 Å². The van der Waals surface area contributed by atoms with E-state index < -0.39 is 11.0 Å². The molecule has 8 nitrogen and oxygen atoms in total. The van der Waals surface area contributed by atoms with Gasteiger partial charge in [0.15, 0.2) is 0 Å². The Bertz CT molecular complexity index is 1120.